The molecule has 0 unspecified atom stereocenters. The molecule has 4 heteroatoms. The molecule has 11 rings (SSSR count). The summed E-state index contributed by atoms with van der Waals surface area (Å²) in [7, 11) is 0. The summed E-state index contributed by atoms with van der Waals surface area (Å²) in [6.07, 6.45) is 0. The lowest BCUT2D eigenvalue weighted by atomic mass is 9.83. The number of aromatic nitrogens is 3. The van der Waals surface area contributed by atoms with E-state index in [-0.39, 0.29) is 0 Å². The molecule has 0 N–H and O–H groups in total. The molecule has 2 aromatic heterocycles. The maximum atomic E-state index is 5.36. The number of thiophene rings is 1. The van der Waals surface area contributed by atoms with Gasteiger partial charge in [-0.2, -0.15) is 0 Å². The van der Waals surface area contributed by atoms with E-state index in [1.54, 1.807) is 11.3 Å². The van der Waals surface area contributed by atoms with Gasteiger partial charge in [0.05, 0.1) is 0 Å². The molecule has 0 bridgehead atoms. The summed E-state index contributed by atoms with van der Waals surface area (Å²) in [5.41, 5.74) is 9.98. The van der Waals surface area contributed by atoms with Gasteiger partial charge in [-0.05, 0) is 67.1 Å². The number of benzene rings is 9. The van der Waals surface area contributed by atoms with Crippen molar-refractivity contribution in [1.29, 1.82) is 0 Å². The first-order chi connectivity index (χ1) is 28.3. The van der Waals surface area contributed by atoms with Gasteiger partial charge in [-0.25, -0.2) is 15.0 Å². The minimum atomic E-state index is 0.638. The van der Waals surface area contributed by atoms with Crippen LogP contribution in [-0.4, -0.2) is 15.0 Å². The predicted molar refractivity (Wildman–Crippen MR) is 240 cm³/mol. The van der Waals surface area contributed by atoms with Crippen LogP contribution in [0.2, 0.25) is 0 Å². The Morgan fingerprint density at radius 1 is 0.263 bits per heavy atom. The van der Waals surface area contributed by atoms with E-state index in [2.05, 4.69) is 182 Å². The molecule has 9 aromatic carbocycles. The van der Waals surface area contributed by atoms with Crippen molar-refractivity contribution < 1.29 is 0 Å². The number of rotatable bonds is 6. The Kier molecular flexibility index (Phi) is 8.01. The van der Waals surface area contributed by atoms with Crippen LogP contribution in [0, 0.1) is 0 Å². The number of fused-ring (bicyclic) bond motifs is 5. The SMILES string of the molecule is c1ccc(-c2nc(-c3ccccc3-c3c4ccccc4c(-c4ccccc4-c4ccccc4)c4ccccc34)nc(-c3cccc4c3sc3ccccc34)n2)cc1. The molecule has 0 aliphatic rings. The van der Waals surface area contributed by atoms with Crippen LogP contribution in [0.1, 0.15) is 0 Å². The maximum Gasteiger partial charge on any atom is 0.165 e. The summed E-state index contributed by atoms with van der Waals surface area (Å²) in [5.74, 6) is 1.94. The minimum Gasteiger partial charge on any atom is -0.208 e. The highest BCUT2D eigenvalue weighted by molar-refractivity contribution is 7.26. The summed E-state index contributed by atoms with van der Waals surface area (Å²) in [4.78, 5) is 15.8. The van der Waals surface area contributed by atoms with Crippen molar-refractivity contribution in [2.75, 3.05) is 0 Å². The Bertz CT molecular complexity index is 3240. The summed E-state index contributed by atoms with van der Waals surface area (Å²) in [6.45, 7) is 0. The smallest absolute Gasteiger partial charge is 0.165 e. The van der Waals surface area contributed by atoms with E-state index in [0.29, 0.717) is 17.5 Å². The average molecular weight is 744 g/mol. The zero-order chi connectivity index (χ0) is 37.7. The Labute approximate surface area is 334 Å². The van der Waals surface area contributed by atoms with Crippen LogP contribution in [0.5, 0.6) is 0 Å². The van der Waals surface area contributed by atoms with Crippen molar-refractivity contribution in [3.05, 3.63) is 200 Å². The van der Waals surface area contributed by atoms with Gasteiger partial charge >= 0.3 is 0 Å². The first-order valence-electron chi connectivity index (χ1n) is 19.2. The van der Waals surface area contributed by atoms with Crippen LogP contribution in [0.25, 0.3) is 109 Å². The summed E-state index contributed by atoms with van der Waals surface area (Å²) in [6, 6.07) is 71.0. The molecule has 2 heterocycles. The van der Waals surface area contributed by atoms with Gasteiger partial charge in [-0.1, -0.05) is 188 Å². The van der Waals surface area contributed by atoms with E-state index in [4.69, 9.17) is 15.0 Å². The molecule has 0 radical (unpaired) electrons. The van der Waals surface area contributed by atoms with E-state index >= 15 is 0 Å². The molecular formula is C53H33N3S. The van der Waals surface area contributed by atoms with Crippen molar-refractivity contribution in [3.8, 4) is 67.5 Å². The molecular weight excluding hydrogens is 711 g/mol. The van der Waals surface area contributed by atoms with E-state index in [1.165, 1.54) is 64.0 Å². The standard InChI is InChI=1S/C53H33N3S/c1-3-18-34(19-4-1)36-22-7-8-24-38(36)48-39-25-9-11-27-41(39)49(42-28-12-10-26-40(42)48)43-29-13-14-30-45(43)52-54-51(35-20-5-2-6-21-35)55-53(56-52)46-32-17-31-44-37-23-15-16-33-47(37)57-50(44)46/h1-33H. The van der Waals surface area contributed by atoms with Crippen LogP contribution in [0.15, 0.2) is 200 Å². The van der Waals surface area contributed by atoms with Crippen LogP contribution in [0.3, 0.4) is 0 Å². The molecule has 57 heavy (non-hydrogen) atoms. The van der Waals surface area contributed by atoms with Gasteiger partial charge in [-0.3, -0.25) is 0 Å². The number of nitrogens with zero attached hydrogens (tertiary/aromatic N) is 3. The molecule has 266 valence electrons. The molecule has 0 aliphatic heterocycles. The van der Waals surface area contributed by atoms with Crippen LogP contribution in [0.4, 0.5) is 0 Å². The van der Waals surface area contributed by atoms with E-state index in [9.17, 15) is 0 Å². The quantitative estimate of drug-likeness (QED) is 0.159. The molecule has 0 fully saturated rings. The van der Waals surface area contributed by atoms with Crippen molar-refractivity contribution >= 4 is 53.1 Å². The highest BCUT2D eigenvalue weighted by Gasteiger charge is 2.23. The van der Waals surface area contributed by atoms with Gasteiger partial charge < -0.3 is 0 Å². The Hall–Kier alpha value is -7.27. The molecule has 3 nitrogen and oxygen atoms in total. The molecule has 0 aliphatic carbocycles. The second-order valence-electron chi connectivity index (χ2n) is 14.3. The Morgan fingerprint density at radius 2 is 0.667 bits per heavy atom. The van der Waals surface area contributed by atoms with Gasteiger partial charge in [-0.15, -0.1) is 11.3 Å². The van der Waals surface area contributed by atoms with Crippen LogP contribution < -0.4 is 0 Å². The molecule has 11 aromatic rings. The van der Waals surface area contributed by atoms with E-state index < -0.39 is 0 Å². The van der Waals surface area contributed by atoms with Gasteiger partial charge in [0.1, 0.15) is 0 Å². The Morgan fingerprint density at radius 3 is 1.28 bits per heavy atom. The lowest BCUT2D eigenvalue weighted by Crippen LogP contribution is -2.01. The second kappa shape index (κ2) is 13.8. The zero-order valence-corrected chi connectivity index (χ0v) is 31.6. The highest BCUT2D eigenvalue weighted by atomic mass is 32.1. The van der Waals surface area contributed by atoms with Crippen molar-refractivity contribution in [3.63, 3.8) is 0 Å². The lowest BCUT2D eigenvalue weighted by molar-refractivity contribution is 1.08. The highest BCUT2D eigenvalue weighted by Crippen LogP contribution is 2.48. The third kappa shape index (κ3) is 5.61. The molecule has 0 saturated heterocycles. The Balaban J connectivity index is 1.18. The number of hydrogen-bond acceptors (Lipinski definition) is 4. The van der Waals surface area contributed by atoms with Crippen molar-refractivity contribution in [2.24, 2.45) is 0 Å². The van der Waals surface area contributed by atoms with Gasteiger partial charge in [0, 0.05) is 36.9 Å². The fourth-order valence-electron chi connectivity index (χ4n) is 8.43. The maximum absolute atomic E-state index is 5.36. The summed E-state index contributed by atoms with van der Waals surface area (Å²) < 4.78 is 2.42. The second-order valence-corrected chi connectivity index (χ2v) is 15.3. The normalized spacial score (nSPS) is 11.5. The topological polar surface area (TPSA) is 38.7 Å². The average Bonchev–Trinajstić information content (AvgIpc) is 3.68. The molecule has 0 saturated carbocycles. The van der Waals surface area contributed by atoms with E-state index in [1.807, 2.05) is 18.2 Å². The van der Waals surface area contributed by atoms with Crippen LogP contribution in [-0.2, 0) is 0 Å². The number of hydrogen-bond donors (Lipinski definition) is 0. The van der Waals surface area contributed by atoms with Gasteiger partial charge in [0.2, 0.25) is 0 Å². The monoisotopic (exact) mass is 743 g/mol. The van der Waals surface area contributed by atoms with Crippen LogP contribution >= 0.6 is 11.3 Å². The predicted octanol–water partition coefficient (Wildman–Crippen LogP) is 14.5. The molecule has 0 spiro atoms. The third-order valence-electron chi connectivity index (χ3n) is 11.0. The minimum absolute atomic E-state index is 0.638. The lowest BCUT2D eigenvalue weighted by Gasteiger charge is -2.21. The first kappa shape index (κ1) is 33.1. The van der Waals surface area contributed by atoms with Crippen molar-refractivity contribution in [2.45, 2.75) is 0 Å². The van der Waals surface area contributed by atoms with Gasteiger partial charge in [0.25, 0.3) is 0 Å². The molecule has 0 amide bonds. The summed E-state index contributed by atoms with van der Waals surface area (Å²) in [5, 5.41) is 7.20. The fourth-order valence-corrected chi connectivity index (χ4v) is 9.64. The third-order valence-corrected chi connectivity index (χ3v) is 12.2. The van der Waals surface area contributed by atoms with Gasteiger partial charge in [0.15, 0.2) is 17.5 Å². The zero-order valence-electron chi connectivity index (χ0n) is 30.8. The first-order valence-corrected chi connectivity index (χ1v) is 20.0. The fraction of sp³-hybridized carbons (Fsp3) is 0. The molecule has 0 atom stereocenters. The van der Waals surface area contributed by atoms with E-state index in [0.717, 1.165) is 27.8 Å². The summed E-state index contributed by atoms with van der Waals surface area (Å²) >= 11 is 1.79. The largest absolute Gasteiger partial charge is 0.208 e. The van der Waals surface area contributed by atoms with Crippen molar-refractivity contribution in [1.82, 2.24) is 15.0 Å².